The minimum atomic E-state index is -0.508. The second kappa shape index (κ2) is 8.15. The fourth-order valence-electron chi connectivity index (χ4n) is 4.65. The Hall–Kier alpha value is -4.89. The second-order valence-electron chi connectivity index (χ2n) is 8.35. The van der Waals surface area contributed by atoms with E-state index in [0.717, 1.165) is 33.2 Å². The first-order chi connectivity index (χ1) is 17.1. The Labute approximate surface area is 201 Å². The van der Waals surface area contributed by atoms with Crippen LogP contribution in [0, 0.1) is 17.1 Å². The van der Waals surface area contributed by atoms with Crippen molar-refractivity contribution in [3.8, 4) is 28.8 Å². The molecule has 35 heavy (non-hydrogen) atoms. The molecule has 168 valence electrons. The summed E-state index contributed by atoms with van der Waals surface area (Å²) in [5.74, 6) is -0.144. The van der Waals surface area contributed by atoms with E-state index in [-0.39, 0.29) is 11.7 Å². The molecular formula is C29H19FN4O. The van der Waals surface area contributed by atoms with Crippen LogP contribution in [0.15, 0.2) is 109 Å². The lowest BCUT2D eigenvalue weighted by Gasteiger charge is -2.27. The molecule has 2 N–H and O–H groups in total. The number of para-hydroxylation sites is 1. The maximum absolute atomic E-state index is 13.7. The number of allylic oxidation sites excluding steroid dienone is 1. The molecule has 0 spiro atoms. The summed E-state index contributed by atoms with van der Waals surface area (Å²) in [5.41, 5.74) is 10.5. The molecular weight excluding hydrogens is 439 g/mol. The minimum Gasteiger partial charge on any atom is -0.440 e. The zero-order valence-electron chi connectivity index (χ0n) is 18.5. The summed E-state index contributed by atoms with van der Waals surface area (Å²) in [6, 6.07) is 30.0. The molecule has 0 saturated heterocycles. The van der Waals surface area contributed by atoms with Crippen molar-refractivity contribution >= 4 is 10.8 Å². The van der Waals surface area contributed by atoms with Gasteiger partial charge in [-0.3, -0.25) is 0 Å². The van der Waals surface area contributed by atoms with E-state index in [0.29, 0.717) is 17.0 Å². The molecule has 0 radical (unpaired) electrons. The van der Waals surface area contributed by atoms with Crippen molar-refractivity contribution in [3.63, 3.8) is 0 Å². The van der Waals surface area contributed by atoms with E-state index in [1.54, 1.807) is 16.8 Å². The van der Waals surface area contributed by atoms with Crippen LogP contribution in [0.1, 0.15) is 17.0 Å². The van der Waals surface area contributed by atoms with Crippen molar-refractivity contribution in [2.75, 3.05) is 0 Å². The molecule has 2 heterocycles. The molecule has 1 aliphatic rings. The highest BCUT2D eigenvalue weighted by molar-refractivity contribution is 5.91. The lowest BCUT2D eigenvalue weighted by atomic mass is 9.82. The largest absolute Gasteiger partial charge is 0.440 e. The van der Waals surface area contributed by atoms with E-state index in [2.05, 4.69) is 6.07 Å². The molecule has 0 fully saturated rings. The lowest BCUT2D eigenvalue weighted by Crippen LogP contribution is -2.21. The smallest absolute Gasteiger partial charge is 0.205 e. The summed E-state index contributed by atoms with van der Waals surface area (Å²) in [7, 11) is 0. The SMILES string of the molecule is N#CC1=C(N)Oc2c(ccc3ccccc23)[C@H]1c1cn(-c2ccccc2)nc1-c1ccc(F)cc1. The fraction of sp³-hybridized carbons (Fsp3) is 0.0345. The van der Waals surface area contributed by atoms with Gasteiger partial charge in [0.2, 0.25) is 5.88 Å². The maximum Gasteiger partial charge on any atom is 0.205 e. The monoisotopic (exact) mass is 458 g/mol. The molecule has 5 nitrogen and oxygen atoms in total. The van der Waals surface area contributed by atoms with Crippen LogP contribution in [0.5, 0.6) is 5.75 Å². The summed E-state index contributed by atoms with van der Waals surface area (Å²) < 4.78 is 21.5. The Balaban J connectivity index is 1.64. The highest BCUT2D eigenvalue weighted by atomic mass is 19.1. The molecule has 0 bridgehead atoms. The molecule has 0 amide bonds. The molecule has 0 aliphatic carbocycles. The standard InChI is InChI=1S/C29H19FN4O/c30-20-13-10-19(11-14-20)27-25(17-34(33-27)21-7-2-1-3-8-21)26-23-15-12-18-6-4-5-9-22(18)28(23)35-29(32)24(26)16-31/h1-15,17,26H,32H2/t26-/m1/s1. The van der Waals surface area contributed by atoms with Crippen molar-refractivity contribution in [2.24, 2.45) is 5.73 Å². The van der Waals surface area contributed by atoms with Crippen LogP contribution < -0.4 is 10.5 Å². The van der Waals surface area contributed by atoms with Gasteiger partial charge in [0.15, 0.2) is 0 Å². The average Bonchev–Trinajstić information content (AvgIpc) is 3.34. The van der Waals surface area contributed by atoms with Gasteiger partial charge < -0.3 is 10.5 Å². The van der Waals surface area contributed by atoms with Crippen molar-refractivity contribution < 1.29 is 9.13 Å². The quantitative estimate of drug-likeness (QED) is 0.357. The van der Waals surface area contributed by atoms with Gasteiger partial charge in [0.05, 0.1) is 17.3 Å². The van der Waals surface area contributed by atoms with E-state index >= 15 is 0 Å². The van der Waals surface area contributed by atoms with Crippen LogP contribution in [0.25, 0.3) is 27.7 Å². The number of benzene rings is 4. The Morgan fingerprint density at radius 2 is 1.63 bits per heavy atom. The van der Waals surface area contributed by atoms with Gasteiger partial charge in [-0.25, -0.2) is 9.07 Å². The molecule has 1 atom stereocenters. The number of nitrogens with two attached hydrogens (primary N) is 1. The second-order valence-corrected chi connectivity index (χ2v) is 8.35. The van der Waals surface area contributed by atoms with Crippen LogP contribution in [0.3, 0.4) is 0 Å². The normalized spacial score (nSPS) is 14.9. The number of hydrogen-bond acceptors (Lipinski definition) is 4. The van der Waals surface area contributed by atoms with E-state index < -0.39 is 5.92 Å². The topological polar surface area (TPSA) is 76.9 Å². The average molecular weight is 458 g/mol. The zero-order chi connectivity index (χ0) is 23.9. The Morgan fingerprint density at radius 3 is 2.40 bits per heavy atom. The van der Waals surface area contributed by atoms with Crippen LogP contribution in [-0.4, -0.2) is 9.78 Å². The predicted molar refractivity (Wildman–Crippen MR) is 132 cm³/mol. The van der Waals surface area contributed by atoms with Crippen LogP contribution in [-0.2, 0) is 0 Å². The first-order valence-electron chi connectivity index (χ1n) is 11.1. The van der Waals surface area contributed by atoms with E-state index in [4.69, 9.17) is 15.6 Å². The van der Waals surface area contributed by atoms with E-state index in [1.807, 2.05) is 72.9 Å². The third-order valence-corrected chi connectivity index (χ3v) is 6.30. The lowest BCUT2D eigenvalue weighted by molar-refractivity contribution is 0.398. The molecule has 5 aromatic rings. The van der Waals surface area contributed by atoms with Gasteiger partial charge >= 0.3 is 0 Å². The number of nitriles is 1. The van der Waals surface area contributed by atoms with Crippen molar-refractivity contribution in [1.82, 2.24) is 9.78 Å². The predicted octanol–water partition coefficient (Wildman–Crippen LogP) is 6.05. The summed E-state index contributed by atoms with van der Waals surface area (Å²) in [6.07, 6.45) is 1.91. The van der Waals surface area contributed by atoms with Gasteiger partial charge in [0, 0.05) is 28.3 Å². The minimum absolute atomic E-state index is 0.0684. The number of rotatable bonds is 3. The fourth-order valence-corrected chi connectivity index (χ4v) is 4.65. The van der Waals surface area contributed by atoms with Crippen LogP contribution in [0.4, 0.5) is 4.39 Å². The third-order valence-electron chi connectivity index (χ3n) is 6.30. The molecule has 6 heteroatoms. The van der Waals surface area contributed by atoms with Crippen molar-refractivity contribution in [3.05, 3.63) is 126 Å². The molecule has 0 saturated carbocycles. The molecule has 6 rings (SSSR count). The Kier molecular flexibility index (Phi) is 4.82. The van der Waals surface area contributed by atoms with Gasteiger partial charge in [-0.15, -0.1) is 0 Å². The van der Waals surface area contributed by atoms with Gasteiger partial charge in [0.1, 0.15) is 23.2 Å². The number of nitrogens with zero attached hydrogens (tertiary/aromatic N) is 3. The van der Waals surface area contributed by atoms with Crippen molar-refractivity contribution in [2.45, 2.75) is 5.92 Å². The number of ether oxygens (including phenoxy) is 1. The highest BCUT2D eigenvalue weighted by Gasteiger charge is 2.34. The first kappa shape index (κ1) is 20.7. The summed E-state index contributed by atoms with van der Waals surface area (Å²) in [5, 5.41) is 16.9. The van der Waals surface area contributed by atoms with Gasteiger partial charge in [-0.1, -0.05) is 54.6 Å². The number of halogens is 1. The number of hydrogen-bond donors (Lipinski definition) is 1. The van der Waals surface area contributed by atoms with Crippen molar-refractivity contribution in [1.29, 1.82) is 5.26 Å². The van der Waals surface area contributed by atoms with E-state index in [9.17, 15) is 9.65 Å². The summed E-state index contributed by atoms with van der Waals surface area (Å²) in [6.45, 7) is 0. The molecule has 1 aromatic heterocycles. The van der Waals surface area contributed by atoms with Gasteiger partial charge in [-0.2, -0.15) is 10.4 Å². The molecule has 4 aromatic carbocycles. The molecule has 1 aliphatic heterocycles. The van der Waals surface area contributed by atoms with Crippen LogP contribution in [0.2, 0.25) is 0 Å². The van der Waals surface area contributed by atoms with Gasteiger partial charge in [0.25, 0.3) is 0 Å². The third kappa shape index (κ3) is 3.42. The van der Waals surface area contributed by atoms with Crippen LogP contribution >= 0.6 is 0 Å². The number of fused-ring (bicyclic) bond motifs is 3. The van der Waals surface area contributed by atoms with Gasteiger partial charge in [-0.05, 0) is 41.8 Å². The molecule has 0 unspecified atom stereocenters. The zero-order valence-corrected chi connectivity index (χ0v) is 18.5. The Morgan fingerprint density at radius 1 is 0.886 bits per heavy atom. The Bertz CT molecular complexity index is 1650. The highest BCUT2D eigenvalue weighted by Crippen LogP contribution is 2.47. The summed E-state index contributed by atoms with van der Waals surface area (Å²) >= 11 is 0. The summed E-state index contributed by atoms with van der Waals surface area (Å²) in [4.78, 5) is 0. The first-order valence-corrected chi connectivity index (χ1v) is 11.1. The number of aromatic nitrogens is 2. The maximum atomic E-state index is 13.7. The van der Waals surface area contributed by atoms with E-state index in [1.165, 1.54) is 12.1 Å².